The van der Waals surface area contributed by atoms with Gasteiger partial charge in [-0.1, -0.05) is 12.1 Å². The van der Waals surface area contributed by atoms with Crippen molar-refractivity contribution in [3.63, 3.8) is 0 Å². The number of halogens is 3. The summed E-state index contributed by atoms with van der Waals surface area (Å²) in [6, 6.07) is 4.68. The molecule has 0 bridgehead atoms. The number of esters is 1. The number of alkyl halides is 3. The second-order valence-corrected chi connectivity index (χ2v) is 5.16. The summed E-state index contributed by atoms with van der Waals surface area (Å²) in [6.07, 6.45) is -3.47. The van der Waals surface area contributed by atoms with Crippen LogP contribution in [0.1, 0.15) is 28.8 Å². The summed E-state index contributed by atoms with van der Waals surface area (Å²) in [7, 11) is 1.25. The van der Waals surface area contributed by atoms with Crippen LogP contribution in [0.25, 0.3) is 0 Å². The van der Waals surface area contributed by atoms with Crippen molar-refractivity contribution in [1.82, 2.24) is 4.90 Å². The second-order valence-electron chi connectivity index (χ2n) is 5.16. The average molecular weight is 315 g/mol. The summed E-state index contributed by atoms with van der Waals surface area (Å²) in [5, 5.41) is 0. The molecule has 0 spiro atoms. The fourth-order valence-corrected chi connectivity index (χ4v) is 2.61. The van der Waals surface area contributed by atoms with E-state index in [0.29, 0.717) is 19.4 Å². The summed E-state index contributed by atoms with van der Waals surface area (Å²) in [5.41, 5.74) is -1.35. The van der Waals surface area contributed by atoms with Crippen LogP contribution in [0.5, 0.6) is 0 Å². The number of nitrogens with zero attached hydrogens (tertiary/aromatic N) is 1. The Morgan fingerprint density at radius 2 is 1.95 bits per heavy atom. The van der Waals surface area contributed by atoms with Gasteiger partial charge in [0.1, 0.15) is 0 Å². The van der Waals surface area contributed by atoms with Crippen LogP contribution in [0.2, 0.25) is 0 Å². The number of benzene rings is 1. The zero-order valence-electron chi connectivity index (χ0n) is 12.0. The van der Waals surface area contributed by atoms with E-state index >= 15 is 0 Å². The van der Waals surface area contributed by atoms with E-state index < -0.39 is 29.5 Å². The van der Waals surface area contributed by atoms with Gasteiger partial charge in [0.25, 0.3) is 5.91 Å². The number of carbonyl (C=O) groups excluding carboxylic acids is 2. The monoisotopic (exact) mass is 315 g/mol. The molecule has 1 aromatic rings. The molecular formula is C15H16F3NO3. The van der Waals surface area contributed by atoms with Crippen LogP contribution >= 0.6 is 0 Å². The Labute approximate surface area is 125 Å². The summed E-state index contributed by atoms with van der Waals surface area (Å²) >= 11 is 0. The fraction of sp³-hybridized carbons (Fsp3) is 0.467. The van der Waals surface area contributed by atoms with Gasteiger partial charge in [0.15, 0.2) is 0 Å². The third-order valence-electron chi connectivity index (χ3n) is 3.71. The van der Waals surface area contributed by atoms with E-state index in [1.165, 1.54) is 24.1 Å². The predicted octanol–water partition coefficient (Wildman–Crippen LogP) is 2.73. The first-order valence-electron chi connectivity index (χ1n) is 6.88. The quantitative estimate of drug-likeness (QED) is 0.788. The Morgan fingerprint density at radius 3 is 2.59 bits per heavy atom. The largest absolute Gasteiger partial charge is 0.469 e. The lowest BCUT2D eigenvalue weighted by Gasteiger charge is -2.32. The number of piperidine rings is 1. The molecule has 1 fully saturated rings. The van der Waals surface area contributed by atoms with Crippen molar-refractivity contribution in [3.05, 3.63) is 35.4 Å². The maximum atomic E-state index is 13.0. The van der Waals surface area contributed by atoms with Gasteiger partial charge in [-0.05, 0) is 25.0 Å². The summed E-state index contributed by atoms with van der Waals surface area (Å²) in [5.74, 6) is -1.64. The third-order valence-corrected chi connectivity index (χ3v) is 3.71. The highest BCUT2D eigenvalue weighted by atomic mass is 19.4. The minimum Gasteiger partial charge on any atom is -0.469 e. The molecule has 1 saturated heterocycles. The first kappa shape index (κ1) is 16.3. The van der Waals surface area contributed by atoms with Gasteiger partial charge in [0, 0.05) is 13.1 Å². The molecule has 7 heteroatoms. The van der Waals surface area contributed by atoms with Crippen LogP contribution in [0.4, 0.5) is 13.2 Å². The molecular weight excluding hydrogens is 299 g/mol. The molecule has 4 nitrogen and oxygen atoms in total. The normalized spacial score (nSPS) is 18.9. The minimum absolute atomic E-state index is 0.0810. The van der Waals surface area contributed by atoms with Gasteiger partial charge in [0.05, 0.1) is 24.2 Å². The number of methoxy groups -OCH3 is 1. The predicted molar refractivity (Wildman–Crippen MR) is 72.1 cm³/mol. The molecule has 0 aromatic heterocycles. The standard InChI is InChI=1S/C15H16F3NO3/c1-22-14(21)10-5-4-8-19(9-10)13(20)11-6-2-3-7-12(11)15(16,17)18/h2-3,6-7,10H,4-5,8-9H2,1H3. The lowest BCUT2D eigenvalue weighted by molar-refractivity contribution is -0.147. The lowest BCUT2D eigenvalue weighted by atomic mass is 9.96. The van der Waals surface area contributed by atoms with Crippen molar-refractivity contribution < 1.29 is 27.5 Å². The summed E-state index contributed by atoms with van der Waals surface area (Å²) in [4.78, 5) is 25.2. The number of ether oxygens (including phenoxy) is 1. The van der Waals surface area contributed by atoms with Crippen molar-refractivity contribution in [2.45, 2.75) is 19.0 Å². The van der Waals surface area contributed by atoms with E-state index in [1.54, 1.807) is 0 Å². The maximum Gasteiger partial charge on any atom is 0.417 e. The molecule has 0 N–H and O–H groups in total. The van der Waals surface area contributed by atoms with Crippen LogP contribution in [-0.2, 0) is 15.7 Å². The average Bonchev–Trinajstić information content (AvgIpc) is 2.52. The number of rotatable bonds is 2. The van der Waals surface area contributed by atoms with Crippen molar-refractivity contribution in [1.29, 1.82) is 0 Å². The highest BCUT2D eigenvalue weighted by molar-refractivity contribution is 5.96. The molecule has 2 rings (SSSR count). The van der Waals surface area contributed by atoms with Crippen LogP contribution < -0.4 is 0 Å². The molecule has 0 aliphatic carbocycles. The number of likely N-dealkylation sites (tertiary alicyclic amines) is 1. The fourth-order valence-electron chi connectivity index (χ4n) is 2.61. The zero-order chi connectivity index (χ0) is 16.3. The number of carbonyl (C=O) groups is 2. The van der Waals surface area contributed by atoms with Gasteiger partial charge in [-0.25, -0.2) is 0 Å². The molecule has 1 atom stereocenters. The van der Waals surface area contributed by atoms with Gasteiger partial charge in [0.2, 0.25) is 0 Å². The number of hydrogen-bond acceptors (Lipinski definition) is 3. The highest BCUT2D eigenvalue weighted by Crippen LogP contribution is 2.33. The van der Waals surface area contributed by atoms with Crippen molar-refractivity contribution >= 4 is 11.9 Å². The van der Waals surface area contributed by atoms with Gasteiger partial charge >= 0.3 is 12.1 Å². The number of hydrogen-bond donors (Lipinski definition) is 0. The van der Waals surface area contributed by atoms with Crippen LogP contribution in [0.15, 0.2) is 24.3 Å². The van der Waals surface area contributed by atoms with Gasteiger partial charge < -0.3 is 9.64 Å². The second kappa shape index (κ2) is 6.37. The van der Waals surface area contributed by atoms with E-state index in [4.69, 9.17) is 0 Å². The van der Waals surface area contributed by atoms with Crippen LogP contribution in [-0.4, -0.2) is 37.0 Å². The Morgan fingerprint density at radius 1 is 1.27 bits per heavy atom. The Bertz CT molecular complexity index is 571. The van der Waals surface area contributed by atoms with Crippen molar-refractivity contribution in [2.24, 2.45) is 5.92 Å². The first-order valence-corrected chi connectivity index (χ1v) is 6.88. The molecule has 1 heterocycles. The smallest absolute Gasteiger partial charge is 0.417 e. The molecule has 1 amide bonds. The lowest BCUT2D eigenvalue weighted by Crippen LogP contribution is -2.43. The van der Waals surface area contributed by atoms with Crippen molar-refractivity contribution in [2.75, 3.05) is 20.2 Å². The van der Waals surface area contributed by atoms with Crippen LogP contribution in [0, 0.1) is 5.92 Å². The molecule has 22 heavy (non-hydrogen) atoms. The van der Waals surface area contributed by atoms with Crippen molar-refractivity contribution in [3.8, 4) is 0 Å². The molecule has 1 aliphatic rings. The Kier molecular flexibility index (Phi) is 4.73. The van der Waals surface area contributed by atoms with Crippen LogP contribution in [0.3, 0.4) is 0 Å². The summed E-state index contributed by atoms with van der Waals surface area (Å²) in [6.45, 7) is 0.413. The van der Waals surface area contributed by atoms with E-state index in [2.05, 4.69) is 4.74 Å². The molecule has 1 aliphatic heterocycles. The third kappa shape index (κ3) is 3.40. The highest BCUT2D eigenvalue weighted by Gasteiger charge is 2.37. The molecule has 1 aromatic carbocycles. The first-order chi connectivity index (χ1) is 10.3. The SMILES string of the molecule is COC(=O)C1CCCN(C(=O)c2ccccc2C(F)(F)F)C1. The topological polar surface area (TPSA) is 46.6 Å². The van der Waals surface area contributed by atoms with E-state index in [0.717, 1.165) is 12.1 Å². The van der Waals surface area contributed by atoms with Gasteiger partial charge in [-0.2, -0.15) is 13.2 Å². The number of amides is 1. The Hall–Kier alpha value is -2.05. The summed E-state index contributed by atoms with van der Waals surface area (Å²) < 4.78 is 43.6. The van der Waals surface area contributed by atoms with Gasteiger partial charge in [-0.15, -0.1) is 0 Å². The molecule has 0 radical (unpaired) electrons. The maximum absolute atomic E-state index is 13.0. The molecule has 0 saturated carbocycles. The minimum atomic E-state index is -4.59. The van der Waals surface area contributed by atoms with E-state index in [1.807, 2.05) is 0 Å². The van der Waals surface area contributed by atoms with E-state index in [9.17, 15) is 22.8 Å². The molecule has 120 valence electrons. The van der Waals surface area contributed by atoms with E-state index in [-0.39, 0.29) is 12.1 Å². The Balaban J connectivity index is 2.23. The molecule has 1 unspecified atom stereocenters. The van der Waals surface area contributed by atoms with Gasteiger partial charge in [-0.3, -0.25) is 9.59 Å². The zero-order valence-corrected chi connectivity index (χ0v) is 12.0.